The van der Waals surface area contributed by atoms with Crippen molar-refractivity contribution in [1.29, 1.82) is 4.78 Å². The van der Waals surface area contributed by atoms with Crippen molar-refractivity contribution in [1.82, 2.24) is 0 Å². The van der Waals surface area contributed by atoms with Gasteiger partial charge in [-0.2, -0.15) is 0 Å². The standard InChI is InChI=1S/C13H24N2O5S/c1-2-20-12(18)13(5-3-6-13)7-9-21(15,19)8-4-10(14)11(16)17/h10,15H,2-9,14H2,1H3,(H,16,17)/t10-,21?/m0/s1. The van der Waals surface area contributed by atoms with Gasteiger partial charge in [0, 0.05) is 21.2 Å². The van der Waals surface area contributed by atoms with E-state index in [1.165, 1.54) is 0 Å². The Morgan fingerprint density at radius 3 is 2.48 bits per heavy atom. The number of carboxylic acid groups (broad SMARTS) is 1. The lowest BCUT2D eigenvalue weighted by Crippen LogP contribution is -2.41. The molecule has 8 heteroatoms. The van der Waals surface area contributed by atoms with E-state index in [0.29, 0.717) is 25.9 Å². The second-order valence-corrected chi connectivity index (χ2v) is 8.00. The maximum Gasteiger partial charge on any atom is 0.320 e. The number of carbonyl (C=O) groups excluding carboxylic acids is 1. The summed E-state index contributed by atoms with van der Waals surface area (Å²) in [4.78, 5) is 22.6. The summed E-state index contributed by atoms with van der Waals surface area (Å²) in [7, 11) is -2.92. The molecule has 1 saturated carbocycles. The largest absolute Gasteiger partial charge is 0.480 e. The van der Waals surface area contributed by atoms with Crippen LogP contribution in [0, 0.1) is 10.2 Å². The van der Waals surface area contributed by atoms with Gasteiger partial charge in [-0.3, -0.25) is 14.4 Å². The number of hydrogen-bond donors (Lipinski definition) is 3. The average Bonchev–Trinajstić information content (AvgIpc) is 2.34. The fraction of sp³-hybridized carbons (Fsp3) is 0.846. The fourth-order valence-electron chi connectivity index (χ4n) is 2.35. The van der Waals surface area contributed by atoms with Crippen molar-refractivity contribution in [2.24, 2.45) is 11.1 Å². The van der Waals surface area contributed by atoms with E-state index in [1.54, 1.807) is 6.92 Å². The molecule has 4 N–H and O–H groups in total. The molecule has 1 rings (SSSR count). The molecule has 0 aromatic heterocycles. The molecule has 21 heavy (non-hydrogen) atoms. The topological polar surface area (TPSA) is 131 Å². The summed E-state index contributed by atoms with van der Waals surface area (Å²) in [6.45, 7) is 2.05. The van der Waals surface area contributed by atoms with Crippen LogP contribution in [-0.4, -0.2) is 45.4 Å². The smallest absolute Gasteiger partial charge is 0.320 e. The third-order valence-electron chi connectivity index (χ3n) is 4.01. The van der Waals surface area contributed by atoms with Crippen LogP contribution in [-0.2, 0) is 24.1 Å². The normalized spacial score (nSPS) is 20.9. The van der Waals surface area contributed by atoms with E-state index in [0.717, 1.165) is 6.42 Å². The molecule has 1 unspecified atom stereocenters. The van der Waals surface area contributed by atoms with Crippen LogP contribution in [0.1, 0.15) is 39.0 Å². The monoisotopic (exact) mass is 320 g/mol. The van der Waals surface area contributed by atoms with Gasteiger partial charge in [-0.15, -0.1) is 0 Å². The third kappa shape index (κ3) is 4.96. The zero-order chi connectivity index (χ0) is 16.1. The Morgan fingerprint density at radius 1 is 1.43 bits per heavy atom. The summed E-state index contributed by atoms with van der Waals surface area (Å²) in [5.41, 5.74) is 4.76. The summed E-state index contributed by atoms with van der Waals surface area (Å²) < 4.78 is 25.0. The molecule has 0 heterocycles. The number of aliphatic carboxylic acids is 1. The Kier molecular flexibility index (Phi) is 6.15. The van der Waals surface area contributed by atoms with Crippen LogP contribution in [0.2, 0.25) is 0 Å². The Hall–Kier alpha value is -1.15. The minimum Gasteiger partial charge on any atom is -0.480 e. The van der Waals surface area contributed by atoms with Gasteiger partial charge in [0.2, 0.25) is 0 Å². The van der Waals surface area contributed by atoms with Crippen molar-refractivity contribution >= 4 is 21.7 Å². The maximum atomic E-state index is 12.1. The van der Waals surface area contributed by atoms with Crippen LogP contribution >= 0.6 is 0 Å². The van der Waals surface area contributed by atoms with E-state index in [1.807, 2.05) is 0 Å². The van der Waals surface area contributed by atoms with Crippen molar-refractivity contribution in [3.63, 3.8) is 0 Å². The first kappa shape index (κ1) is 17.9. The van der Waals surface area contributed by atoms with E-state index < -0.39 is 27.2 Å². The van der Waals surface area contributed by atoms with Gasteiger partial charge in [-0.05, 0) is 32.6 Å². The molecular weight excluding hydrogens is 296 g/mol. The lowest BCUT2D eigenvalue weighted by Gasteiger charge is -2.39. The average molecular weight is 320 g/mol. The molecule has 0 spiro atoms. The lowest BCUT2D eigenvalue weighted by atomic mass is 9.67. The van der Waals surface area contributed by atoms with Crippen molar-refractivity contribution in [3.05, 3.63) is 0 Å². The van der Waals surface area contributed by atoms with Crippen LogP contribution in [0.3, 0.4) is 0 Å². The number of ether oxygens (including phenoxy) is 1. The summed E-state index contributed by atoms with van der Waals surface area (Å²) in [5.74, 6) is -1.40. The quantitative estimate of drug-likeness (QED) is 0.542. The Morgan fingerprint density at radius 2 is 2.05 bits per heavy atom. The van der Waals surface area contributed by atoms with E-state index in [4.69, 9.17) is 20.4 Å². The first-order chi connectivity index (χ1) is 9.72. The summed E-state index contributed by atoms with van der Waals surface area (Å²) in [6, 6.07) is -1.10. The zero-order valence-corrected chi connectivity index (χ0v) is 13.1. The molecule has 0 bridgehead atoms. The van der Waals surface area contributed by atoms with Crippen LogP contribution in [0.25, 0.3) is 0 Å². The molecule has 0 aromatic rings. The number of carboxylic acids is 1. The van der Waals surface area contributed by atoms with E-state index in [2.05, 4.69) is 0 Å². The highest BCUT2D eigenvalue weighted by Gasteiger charge is 2.45. The highest BCUT2D eigenvalue weighted by atomic mass is 32.2. The lowest BCUT2D eigenvalue weighted by molar-refractivity contribution is -0.161. The summed E-state index contributed by atoms with van der Waals surface area (Å²) in [6.07, 6.45) is 2.70. The Balaban J connectivity index is 2.52. The minimum atomic E-state index is -2.92. The second kappa shape index (κ2) is 7.22. The van der Waals surface area contributed by atoms with Gasteiger partial charge >= 0.3 is 11.9 Å². The van der Waals surface area contributed by atoms with E-state index in [9.17, 15) is 13.8 Å². The van der Waals surface area contributed by atoms with Crippen molar-refractivity contribution in [3.8, 4) is 0 Å². The van der Waals surface area contributed by atoms with E-state index in [-0.39, 0.29) is 23.9 Å². The first-order valence-corrected chi connectivity index (χ1v) is 9.02. The third-order valence-corrected chi connectivity index (χ3v) is 5.76. The molecule has 0 aromatic carbocycles. The molecule has 0 saturated heterocycles. The number of nitrogens with one attached hydrogen (secondary N) is 1. The van der Waals surface area contributed by atoms with Crippen LogP contribution in [0.5, 0.6) is 0 Å². The van der Waals surface area contributed by atoms with Gasteiger partial charge in [0.1, 0.15) is 6.04 Å². The first-order valence-electron chi connectivity index (χ1n) is 7.12. The van der Waals surface area contributed by atoms with Gasteiger partial charge in [-0.25, -0.2) is 4.21 Å². The molecule has 1 aliphatic carbocycles. The second-order valence-electron chi connectivity index (χ2n) is 5.56. The van der Waals surface area contributed by atoms with Crippen molar-refractivity contribution in [2.75, 3.05) is 18.1 Å². The maximum absolute atomic E-state index is 12.1. The predicted octanol–water partition coefficient (Wildman–Crippen LogP) is 0.959. The van der Waals surface area contributed by atoms with E-state index >= 15 is 0 Å². The zero-order valence-electron chi connectivity index (χ0n) is 12.3. The molecular formula is C13H24N2O5S. The SMILES string of the molecule is CCOC(=O)C1(CCS(=N)(=O)CC[C@H](N)C(=O)O)CCC1. The molecule has 122 valence electrons. The highest BCUT2D eigenvalue weighted by Crippen LogP contribution is 2.45. The van der Waals surface area contributed by atoms with Gasteiger partial charge in [0.05, 0.1) is 12.0 Å². The van der Waals surface area contributed by atoms with Crippen molar-refractivity contribution < 1.29 is 23.6 Å². The predicted molar refractivity (Wildman–Crippen MR) is 78.4 cm³/mol. The number of rotatable bonds is 9. The summed E-state index contributed by atoms with van der Waals surface area (Å²) in [5, 5.41) is 8.68. The molecule has 0 aliphatic heterocycles. The highest BCUT2D eigenvalue weighted by molar-refractivity contribution is 7.92. The minimum absolute atomic E-state index is 0.00404. The Bertz CT molecular complexity index is 485. The molecule has 2 atom stereocenters. The molecule has 0 radical (unpaired) electrons. The van der Waals surface area contributed by atoms with Crippen LogP contribution < -0.4 is 5.73 Å². The van der Waals surface area contributed by atoms with Crippen LogP contribution in [0.4, 0.5) is 0 Å². The van der Waals surface area contributed by atoms with Gasteiger partial charge in [0.25, 0.3) is 0 Å². The number of hydrogen-bond acceptors (Lipinski definition) is 6. The molecule has 7 nitrogen and oxygen atoms in total. The van der Waals surface area contributed by atoms with Gasteiger partial charge in [-0.1, -0.05) is 6.42 Å². The number of nitrogens with two attached hydrogens (primary N) is 1. The molecule has 1 aliphatic rings. The van der Waals surface area contributed by atoms with Crippen LogP contribution in [0.15, 0.2) is 0 Å². The van der Waals surface area contributed by atoms with Gasteiger partial charge in [0.15, 0.2) is 0 Å². The number of esters is 1. The molecule has 1 fully saturated rings. The number of carbonyl (C=O) groups is 2. The van der Waals surface area contributed by atoms with Gasteiger partial charge < -0.3 is 15.6 Å². The van der Waals surface area contributed by atoms with Crippen molar-refractivity contribution in [2.45, 2.75) is 45.1 Å². The summed E-state index contributed by atoms with van der Waals surface area (Å²) >= 11 is 0. The Labute approximate surface area is 125 Å². The molecule has 0 amide bonds. The fourth-order valence-corrected chi connectivity index (χ4v) is 3.91.